The first kappa shape index (κ1) is 22.0. The summed E-state index contributed by atoms with van der Waals surface area (Å²) >= 11 is 0. The fourth-order valence-corrected chi connectivity index (χ4v) is 4.67. The fourth-order valence-electron chi connectivity index (χ4n) is 4.67. The standard InChI is InChI=1S/C23H32N8O2/c1-4-8-33-9-7-31-21-20(18(29-31)14-32-3)27-23(30-13-16-11-17(30)12-25-16)28-22(21)26-19-10-15(2)5-6-24-19/h5-6,10,16-17,25H,4,7-9,11-14H2,1-3H3,(H,24,26,27,28)/t16-,17-/m0/s1. The molecule has 0 spiro atoms. The van der Waals surface area contributed by atoms with Gasteiger partial charge in [0.25, 0.3) is 0 Å². The largest absolute Gasteiger partial charge is 0.380 e. The molecule has 2 N–H and O–H groups in total. The second-order valence-electron chi connectivity index (χ2n) is 8.78. The van der Waals surface area contributed by atoms with Gasteiger partial charge in [-0.15, -0.1) is 0 Å². The lowest BCUT2D eigenvalue weighted by Gasteiger charge is -2.27. The first-order valence-electron chi connectivity index (χ1n) is 11.7. The highest BCUT2D eigenvalue weighted by Gasteiger charge is 2.39. The van der Waals surface area contributed by atoms with Gasteiger partial charge in [-0.2, -0.15) is 10.1 Å². The van der Waals surface area contributed by atoms with Gasteiger partial charge < -0.3 is 25.0 Å². The van der Waals surface area contributed by atoms with Gasteiger partial charge in [-0.25, -0.2) is 9.97 Å². The highest BCUT2D eigenvalue weighted by molar-refractivity contribution is 5.90. The van der Waals surface area contributed by atoms with Crippen molar-refractivity contribution in [2.45, 2.75) is 51.9 Å². The lowest BCUT2D eigenvalue weighted by Crippen LogP contribution is -2.44. The van der Waals surface area contributed by atoms with Gasteiger partial charge in [-0.3, -0.25) is 4.68 Å². The second kappa shape index (κ2) is 9.58. The molecule has 0 saturated carbocycles. The maximum Gasteiger partial charge on any atom is 0.228 e. The fraction of sp³-hybridized carbons (Fsp3) is 0.565. The monoisotopic (exact) mass is 452 g/mol. The molecule has 5 rings (SSSR count). The summed E-state index contributed by atoms with van der Waals surface area (Å²) in [7, 11) is 1.68. The minimum atomic E-state index is 0.380. The Morgan fingerprint density at radius 2 is 2.18 bits per heavy atom. The van der Waals surface area contributed by atoms with Crippen molar-refractivity contribution in [2.75, 3.05) is 43.6 Å². The Morgan fingerprint density at radius 3 is 2.91 bits per heavy atom. The van der Waals surface area contributed by atoms with Gasteiger partial charge in [-0.05, 0) is 37.5 Å². The quantitative estimate of drug-likeness (QED) is 0.449. The van der Waals surface area contributed by atoms with E-state index in [-0.39, 0.29) is 0 Å². The summed E-state index contributed by atoms with van der Waals surface area (Å²) in [6.07, 6.45) is 3.91. The van der Waals surface area contributed by atoms with Crippen molar-refractivity contribution in [3.05, 3.63) is 29.6 Å². The zero-order valence-electron chi connectivity index (χ0n) is 19.5. The van der Waals surface area contributed by atoms with E-state index in [1.165, 1.54) is 0 Å². The second-order valence-corrected chi connectivity index (χ2v) is 8.78. The molecule has 2 aliphatic rings. The highest BCUT2D eigenvalue weighted by atomic mass is 16.5. The summed E-state index contributed by atoms with van der Waals surface area (Å²) in [6.45, 7) is 8.32. The Morgan fingerprint density at radius 1 is 1.27 bits per heavy atom. The summed E-state index contributed by atoms with van der Waals surface area (Å²) < 4.78 is 13.1. The highest BCUT2D eigenvalue weighted by Crippen LogP contribution is 2.33. The summed E-state index contributed by atoms with van der Waals surface area (Å²) in [6, 6.07) is 4.91. The van der Waals surface area contributed by atoms with Crippen LogP contribution < -0.4 is 15.5 Å². The molecule has 2 bridgehead atoms. The van der Waals surface area contributed by atoms with E-state index in [0.29, 0.717) is 37.7 Å². The number of hydrogen-bond donors (Lipinski definition) is 2. The maximum atomic E-state index is 5.74. The number of anilines is 3. The van der Waals surface area contributed by atoms with Gasteiger partial charge in [0.1, 0.15) is 22.5 Å². The number of piperazine rings is 1. The number of aryl methyl sites for hydroxylation is 1. The van der Waals surface area contributed by atoms with E-state index in [0.717, 1.165) is 66.6 Å². The molecule has 10 heteroatoms. The SMILES string of the molecule is CCCOCCn1nc(COC)c2nc(N3C[C@@H]4C[C@H]3CN4)nc(Nc3cc(C)ccn3)c21. The van der Waals surface area contributed by atoms with E-state index in [4.69, 9.17) is 24.5 Å². The van der Waals surface area contributed by atoms with Gasteiger partial charge in [0.2, 0.25) is 5.95 Å². The molecule has 2 saturated heterocycles. The number of nitrogens with zero attached hydrogens (tertiary/aromatic N) is 6. The van der Waals surface area contributed by atoms with Crippen molar-refractivity contribution in [3.8, 4) is 0 Å². The first-order valence-corrected chi connectivity index (χ1v) is 11.7. The predicted molar refractivity (Wildman–Crippen MR) is 127 cm³/mol. The third-order valence-corrected chi connectivity index (χ3v) is 6.20. The average Bonchev–Trinajstić information content (AvgIpc) is 3.52. The van der Waals surface area contributed by atoms with Crippen LogP contribution in [0.3, 0.4) is 0 Å². The molecule has 0 radical (unpaired) electrons. The number of rotatable bonds is 10. The predicted octanol–water partition coefficient (Wildman–Crippen LogP) is 2.40. The molecule has 33 heavy (non-hydrogen) atoms. The lowest BCUT2D eigenvalue weighted by molar-refractivity contribution is 0.124. The van der Waals surface area contributed by atoms with Crippen molar-refractivity contribution in [2.24, 2.45) is 0 Å². The molecule has 2 fully saturated rings. The zero-order valence-corrected chi connectivity index (χ0v) is 19.5. The molecule has 2 aliphatic heterocycles. The van der Waals surface area contributed by atoms with E-state index in [1.807, 2.05) is 23.7 Å². The van der Waals surface area contributed by atoms with Gasteiger partial charge >= 0.3 is 0 Å². The van der Waals surface area contributed by atoms with Gasteiger partial charge in [-0.1, -0.05) is 6.92 Å². The van der Waals surface area contributed by atoms with Crippen LogP contribution in [0.15, 0.2) is 18.3 Å². The van der Waals surface area contributed by atoms with Crippen molar-refractivity contribution >= 4 is 28.6 Å². The summed E-state index contributed by atoms with van der Waals surface area (Å²) in [5.74, 6) is 2.17. The van der Waals surface area contributed by atoms with Crippen LogP contribution in [-0.2, 0) is 22.6 Å². The Balaban J connectivity index is 1.58. The van der Waals surface area contributed by atoms with Gasteiger partial charge in [0, 0.05) is 45.1 Å². The van der Waals surface area contributed by atoms with Gasteiger partial charge in [0.15, 0.2) is 5.82 Å². The minimum Gasteiger partial charge on any atom is -0.380 e. The molecule has 0 aromatic carbocycles. The minimum absolute atomic E-state index is 0.380. The molecule has 2 atom stereocenters. The number of methoxy groups -OCH3 is 1. The summed E-state index contributed by atoms with van der Waals surface area (Å²) in [5, 5.41) is 11.8. The maximum absolute atomic E-state index is 5.74. The number of aromatic nitrogens is 5. The first-order chi connectivity index (χ1) is 16.2. The number of pyridine rings is 1. The number of nitrogens with one attached hydrogen (secondary N) is 2. The normalized spacial score (nSPS) is 19.7. The zero-order chi connectivity index (χ0) is 22.8. The van der Waals surface area contributed by atoms with Crippen molar-refractivity contribution in [1.82, 2.24) is 30.0 Å². The van der Waals surface area contributed by atoms with Crippen LogP contribution >= 0.6 is 0 Å². The van der Waals surface area contributed by atoms with E-state index in [1.54, 1.807) is 13.3 Å². The van der Waals surface area contributed by atoms with Crippen LogP contribution in [0.5, 0.6) is 0 Å². The van der Waals surface area contributed by atoms with Gasteiger partial charge in [0.05, 0.1) is 19.8 Å². The topological polar surface area (TPSA) is 102 Å². The third kappa shape index (κ3) is 4.50. The van der Waals surface area contributed by atoms with E-state index in [9.17, 15) is 0 Å². The number of hydrogen-bond acceptors (Lipinski definition) is 9. The average molecular weight is 453 g/mol. The van der Waals surface area contributed by atoms with Crippen LogP contribution in [0.1, 0.15) is 31.0 Å². The van der Waals surface area contributed by atoms with Crippen molar-refractivity contribution in [3.63, 3.8) is 0 Å². The molecule has 0 unspecified atom stereocenters. The van der Waals surface area contributed by atoms with Crippen molar-refractivity contribution < 1.29 is 9.47 Å². The smallest absolute Gasteiger partial charge is 0.228 e. The Kier molecular flexibility index (Phi) is 6.39. The lowest BCUT2D eigenvalue weighted by atomic mass is 10.2. The van der Waals surface area contributed by atoms with E-state index >= 15 is 0 Å². The molecule has 10 nitrogen and oxygen atoms in total. The Hall–Kier alpha value is -2.82. The third-order valence-electron chi connectivity index (χ3n) is 6.20. The van der Waals surface area contributed by atoms with Crippen LogP contribution in [0, 0.1) is 6.92 Å². The molecule has 176 valence electrons. The van der Waals surface area contributed by atoms with Crippen LogP contribution in [-0.4, -0.2) is 70.2 Å². The molecule has 0 aliphatic carbocycles. The van der Waals surface area contributed by atoms with Crippen LogP contribution in [0.4, 0.5) is 17.6 Å². The van der Waals surface area contributed by atoms with Crippen molar-refractivity contribution in [1.29, 1.82) is 0 Å². The summed E-state index contributed by atoms with van der Waals surface area (Å²) in [4.78, 5) is 16.8. The van der Waals surface area contributed by atoms with Crippen LogP contribution in [0.2, 0.25) is 0 Å². The molecular weight excluding hydrogens is 420 g/mol. The molecule has 0 amide bonds. The number of fused-ring (bicyclic) bond motifs is 3. The molecule has 3 aromatic rings. The summed E-state index contributed by atoms with van der Waals surface area (Å²) in [5.41, 5.74) is 3.58. The Bertz CT molecular complexity index is 1120. The molecule has 5 heterocycles. The molecular formula is C23H32N8O2. The van der Waals surface area contributed by atoms with E-state index < -0.39 is 0 Å². The number of ether oxygens (including phenoxy) is 2. The van der Waals surface area contributed by atoms with E-state index in [2.05, 4.69) is 27.4 Å². The Labute approximate surface area is 193 Å². The van der Waals surface area contributed by atoms with Crippen LogP contribution in [0.25, 0.3) is 11.0 Å². The molecule has 3 aromatic heterocycles.